The highest BCUT2D eigenvalue weighted by atomic mass is 16.5. The van der Waals surface area contributed by atoms with Crippen LogP contribution in [0, 0.1) is 0 Å². The summed E-state index contributed by atoms with van der Waals surface area (Å²) in [5.74, 6) is 0.933. The van der Waals surface area contributed by atoms with Crippen LogP contribution in [0.2, 0.25) is 0 Å². The van der Waals surface area contributed by atoms with Gasteiger partial charge in [-0.05, 0) is 12.5 Å². The van der Waals surface area contributed by atoms with Crippen molar-refractivity contribution in [2.75, 3.05) is 39.8 Å². The van der Waals surface area contributed by atoms with Crippen molar-refractivity contribution >= 4 is 6.03 Å². The Morgan fingerprint density at radius 3 is 2.64 bits per heavy atom. The number of rotatable bonds is 6. The highest BCUT2D eigenvalue weighted by Crippen LogP contribution is 2.19. The first-order valence-electron chi connectivity index (χ1n) is 8.11. The molecule has 1 aromatic carbocycles. The molecule has 0 radical (unpaired) electrons. The Bertz CT molecular complexity index is 471. The van der Waals surface area contributed by atoms with Crippen LogP contribution in [0.15, 0.2) is 24.3 Å². The molecule has 22 heavy (non-hydrogen) atoms. The van der Waals surface area contributed by atoms with Gasteiger partial charge in [-0.1, -0.05) is 31.5 Å². The van der Waals surface area contributed by atoms with Crippen molar-refractivity contribution in [2.24, 2.45) is 0 Å². The minimum Gasteiger partial charge on any atom is -0.496 e. The summed E-state index contributed by atoms with van der Waals surface area (Å²) in [6, 6.07) is 8.19. The van der Waals surface area contributed by atoms with E-state index in [9.17, 15) is 4.79 Å². The van der Waals surface area contributed by atoms with Gasteiger partial charge in [0.25, 0.3) is 0 Å². The van der Waals surface area contributed by atoms with Crippen LogP contribution in [-0.2, 0) is 6.54 Å². The topological polar surface area (TPSA) is 44.8 Å². The number of benzene rings is 1. The Kier molecular flexibility index (Phi) is 6.52. The number of carbonyl (C=O) groups is 1. The molecule has 5 heteroatoms. The second-order valence-electron chi connectivity index (χ2n) is 5.66. The lowest BCUT2D eigenvalue weighted by atomic mass is 10.1. The predicted octanol–water partition coefficient (Wildman–Crippen LogP) is 2.32. The third-order valence-electron chi connectivity index (χ3n) is 4.05. The molecule has 5 nitrogen and oxygen atoms in total. The summed E-state index contributed by atoms with van der Waals surface area (Å²) in [4.78, 5) is 16.3. The number of hydrogen-bond donors (Lipinski definition) is 1. The summed E-state index contributed by atoms with van der Waals surface area (Å²) in [6.07, 6.45) is 2.15. The molecular formula is C17H27N3O2. The van der Waals surface area contributed by atoms with Gasteiger partial charge < -0.3 is 15.0 Å². The first-order valence-corrected chi connectivity index (χ1v) is 8.11. The van der Waals surface area contributed by atoms with E-state index in [4.69, 9.17) is 4.74 Å². The fourth-order valence-electron chi connectivity index (χ4n) is 2.67. The van der Waals surface area contributed by atoms with Crippen molar-refractivity contribution in [1.82, 2.24) is 15.1 Å². The van der Waals surface area contributed by atoms with Gasteiger partial charge in [0.2, 0.25) is 0 Å². The zero-order valence-electron chi connectivity index (χ0n) is 13.7. The summed E-state index contributed by atoms with van der Waals surface area (Å²) in [5, 5.41) is 2.98. The molecule has 1 N–H and O–H groups in total. The van der Waals surface area contributed by atoms with Gasteiger partial charge in [0.05, 0.1) is 7.11 Å². The molecule has 1 aromatic rings. The summed E-state index contributed by atoms with van der Waals surface area (Å²) in [5.41, 5.74) is 1.20. The second-order valence-corrected chi connectivity index (χ2v) is 5.66. The van der Waals surface area contributed by atoms with Gasteiger partial charge in [-0.3, -0.25) is 4.90 Å². The third-order valence-corrected chi connectivity index (χ3v) is 4.05. The molecule has 2 amide bonds. The van der Waals surface area contributed by atoms with Crippen LogP contribution < -0.4 is 10.1 Å². The lowest BCUT2D eigenvalue weighted by Crippen LogP contribution is -2.51. The molecule has 0 atom stereocenters. The van der Waals surface area contributed by atoms with E-state index >= 15 is 0 Å². The molecule has 1 aliphatic heterocycles. The van der Waals surface area contributed by atoms with Crippen molar-refractivity contribution < 1.29 is 9.53 Å². The Balaban J connectivity index is 1.78. The molecule has 1 heterocycles. The molecule has 1 aliphatic rings. The van der Waals surface area contributed by atoms with Crippen molar-refractivity contribution in [3.05, 3.63) is 29.8 Å². The highest BCUT2D eigenvalue weighted by molar-refractivity contribution is 5.74. The Hall–Kier alpha value is -1.75. The van der Waals surface area contributed by atoms with Gasteiger partial charge in [-0.15, -0.1) is 0 Å². The van der Waals surface area contributed by atoms with E-state index in [0.29, 0.717) is 0 Å². The lowest BCUT2D eigenvalue weighted by Gasteiger charge is -2.34. The van der Waals surface area contributed by atoms with E-state index in [1.165, 1.54) is 5.56 Å². The average molecular weight is 305 g/mol. The normalized spacial score (nSPS) is 15.6. The van der Waals surface area contributed by atoms with Gasteiger partial charge in [-0.2, -0.15) is 0 Å². The van der Waals surface area contributed by atoms with E-state index in [2.05, 4.69) is 23.2 Å². The molecular weight excluding hydrogens is 278 g/mol. The van der Waals surface area contributed by atoms with Crippen molar-refractivity contribution in [2.45, 2.75) is 26.3 Å². The number of amides is 2. The third kappa shape index (κ3) is 4.63. The fraction of sp³-hybridized carbons (Fsp3) is 0.588. The summed E-state index contributed by atoms with van der Waals surface area (Å²) < 4.78 is 5.40. The predicted molar refractivity (Wildman–Crippen MR) is 88.2 cm³/mol. The Labute approximate surface area is 133 Å². The van der Waals surface area contributed by atoms with Gasteiger partial charge in [0, 0.05) is 44.8 Å². The van der Waals surface area contributed by atoms with Crippen LogP contribution in [0.1, 0.15) is 25.3 Å². The zero-order valence-corrected chi connectivity index (χ0v) is 13.7. The van der Waals surface area contributed by atoms with E-state index in [-0.39, 0.29) is 6.03 Å². The monoisotopic (exact) mass is 305 g/mol. The molecule has 0 unspecified atom stereocenters. The molecule has 1 saturated heterocycles. The van der Waals surface area contributed by atoms with Crippen LogP contribution in [0.5, 0.6) is 5.75 Å². The maximum Gasteiger partial charge on any atom is 0.317 e. The average Bonchev–Trinajstić information content (AvgIpc) is 2.56. The minimum atomic E-state index is 0.0744. The van der Waals surface area contributed by atoms with E-state index < -0.39 is 0 Å². The first kappa shape index (κ1) is 16.6. The van der Waals surface area contributed by atoms with Gasteiger partial charge in [0.15, 0.2) is 0 Å². The molecule has 0 aliphatic carbocycles. The summed E-state index contributed by atoms with van der Waals surface area (Å²) in [7, 11) is 1.71. The fourth-order valence-corrected chi connectivity index (χ4v) is 2.67. The van der Waals surface area contributed by atoms with E-state index in [1.807, 2.05) is 23.1 Å². The molecule has 0 aromatic heterocycles. The van der Waals surface area contributed by atoms with Crippen molar-refractivity contribution in [1.29, 1.82) is 0 Å². The number of hydrogen-bond acceptors (Lipinski definition) is 3. The first-order chi connectivity index (χ1) is 10.7. The second kappa shape index (κ2) is 8.63. The van der Waals surface area contributed by atoms with Gasteiger partial charge in [0.1, 0.15) is 5.75 Å². The number of urea groups is 1. The zero-order chi connectivity index (χ0) is 15.8. The standard InChI is InChI=1S/C17H27N3O2/c1-3-4-9-18-17(21)20-12-10-19(11-13-20)14-15-7-5-6-8-16(15)22-2/h5-8H,3-4,9-14H2,1-2H3,(H,18,21). The van der Waals surface area contributed by atoms with Gasteiger partial charge >= 0.3 is 6.03 Å². The molecule has 0 saturated carbocycles. The Morgan fingerprint density at radius 2 is 1.95 bits per heavy atom. The lowest BCUT2D eigenvalue weighted by molar-refractivity contribution is 0.134. The number of carbonyl (C=O) groups excluding carboxylic acids is 1. The molecule has 122 valence electrons. The number of methoxy groups -OCH3 is 1. The molecule has 2 rings (SSSR count). The molecule has 1 fully saturated rings. The van der Waals surface area contributed by atoms with E-state index in [1.54, 1.807) is 7.11 Å². The maximum atomic E-state index is 12.0. The summed E-state index contributed by atoms with van der Waals surface area (Å²) in [6.45, 7) is 7.15. The number of ether oxygens (including phenoxy) is 1. The van der Waals surface area contributed by atoms with Crippen LogP contribution in [0.3, 0.4) is 0 Å². The minimum absolute atomic E-state index is 0.0744. The van der Waals surface area contributed by atoms with Crippen LogP contribution in [0.4, 0.5) is 4.79 Å². The van der Waals surface area contributed by atoms with Crippen molar-refractivity contribution in [3.63, 3.8) is 0 Å². The number of piperazine rings is 1. The smallest absolute Gasteiger partial charge is 0.317 e. The SMILES string of the molecule is CCCCNC(=O)N1CCN(Cc2ccccc2OC)CC1. The van der Waals surface area contributed by atoms with Crippen molar-refractivity contribution in [3.8, 4) is 5.75 Å². The summed E-state index contributed by atoms with van der Waals surface area (Å²) >= 11 is 0. The number of nitrogens with one attached hydrogen (secondary N) is 1. The van der Waals surface area contributed by atoms with Crippen LogP contribution in [0.25, 0.3) is 0 Å². The largest absolute Gasteiger partial charge is 0.496 e. The molecule has 0 bridgehead atoms. The number of nitrogens with zero attached hydrogens (tertiary/aromatic N) is 2. The molecule has 0 spiro atoms. The van der Waals surface area contributed by atoms with Crippen LogP contribution in [-0.4, -0.2) is 55.7 Å². The quantitative estimate of drug-likeness (QED) is 0.820. The maximum absolute atomic E-state index is 12.0. The van der Waals surface area contributed by atoms with E-state index in [0.717, 1.165) is 57.9 Å². The highest BCUT2D eigenvalue weighted by Gasteiger charge is 2.21. The number of unbranched alkanes of at least 4 members (excludes halogenated alkanes) is 1. The number of para-hydroxylation sites is 1. The van der Waals surface area contributed by atoms with Gasteiger partial charge in [-0.25, -0.2) is 4.79 Å². The Morgan fingerprint density at radius 1 is 1.23 bits per heavy atom. The van der Waals surface area contributed by atoms with Crippen LogP contribution >= 0.6 is 0 Å².